The van der Waals surface area contributed by atoms with E-state index in [9.17, 15) is 14.5 Å². The lowest BCUT2D eigenvalue weighted by atomic mass is 10.2. The van der Waals surface area contributed by atoms with E-state index in [1.807, 2.05) is 0 Å². The average molecular weight is 381 g/mol. The number of nitrogens with zero attached hydrogens (tertiary/aromatic N) is 5. The first-order chi connectivity index (χ1) is 13.6. The third-order valence-corrected chi connectivity index (χ3v) is 3.80. The zero-order chi connectivity index (χ0) is 19.5. The van der Waals surface area contributed by atoms with Crippen LogP contribution in [-0.2, 0) is 6.73 Å². The molecule has 0 spiro atoms. The highest BCUT2D eigenvalue weighted by molar-refractivity contribution is 5.57. The fourth-order valence-electron chi connectivity index (χ4n) is 2.46. The number of benzene rings is 2. The number of aromatic nitrogens is 4. The van der Waals surface area contributed by atoms with Crippen LogP contribution in [0, 0.1) is 15.9 Å². The number of rotatable bonds is 6. The van der Waals surface area contributed by atoms with Gasteiger partial charge >= 0.3 is 5.69 Å². The summed E-state index contributed by atoms with van der Waals surface area (Å²) < 4.78 is 25.1. The smallest absolute Gasteiger partial charge is 0.311 e. The molecule has 140 valence electrons. The highest BCUT2D eigenvalue weighted by Crippen LogP contribution is 2.26. The summed E-state index contributed by atoms with van der Waals surface area (Å²) in [7, 11) is 0. The van der Waals surface area contributed by atoms with Crippen molar-refractivity contribution in [1.29, 1.82) is 0 Å². The van der Waals surface area contributed by atoms with Crippen LogP contribution in [0.5, 0.6) is 5.75 Å². The van der Waals surface area contributed by atoms with Gasteiger partial charge in [-0.05, 0) is 36.4 Å². The Labute approximate surface area is 157 Å². The van der Waals surface area contributed by atoms with Gasteiger partial charge in [-0.25, -0.2) is 9.07 Å². The van der Waals surface area contributed by atoms with Crippen molar-refractivity contribution in [3.05, 3.63) is 76.7 Å². The molecule has 0 N–H and O–H groups in total. The number of ether oxygens (including phenoxy) is 1. The second kappa shape index (κ2) is 7.27. The molecule has 0 aliphatic rings. The van der Waals surface area contributed by atoms with Crippen LogP contribution in [0.3, 0.4) is 0 Å². The van der Waals surface area contributed by atoms with Gasteiger partial charge in [-0.1, -0.05) is 17.3 Å². The minimum Gasteiger partial charge on any atom is -0.464 e. The Morgan fingerprint density at radius 1 is 1.14 bits per heavy atom. The fraction of sp³-hybridized carbons (Fsp3) is 0.0556. The molecule has 9 nitrogen and oxygen atoms in total. The van der Waals surface area contributed by atoms with Gasteiger partial charge in [-0.15, -0.1) is 0 Å². The zero-order valence-corrected chi connectivity index (χ0v) is 14.2. The van der Waals surface area contributed by atoms with Crippen LogP contribution in [0.4, 0.5) is 10.1 Å². The van der Waals surface area contributed by atoms with Gasteiger partial charge in [0.05, 0.1) is 4.92 Å². The summed E-state index contributed by atoms with van der Waals surface area (Å²) in [6, 6.07) is 13.4. The Bertz CT molecular complexity index is 1120. The maximum absolute atomic E-state index is 13.0. The second-order valence-corrected chi connectivity index (χ2v) is 5.67. The lowest BCUT2D eigenvalue weighted by molar-refractivity contribution is -0.386. The van der Waals surface area contributed by atoms with Gasteiger partial charge in [0.1, 0.15) is 5.82 Å². The molecule has 10 heteroatoms. The molecule has 4 aromatic rings. The van der Waals surface area contributed by atoms with Crippen LogP contribution in [0.2, 0.25) is 0 Å². The molecule has 0 radical (unpaired) electrons. The molecule has 2 aromatic heterocycles. The Balaban J connectivity index is 1.48. The molecule has 0 unspecified atom stereocenters. The van der Waals surface area contributed by atoms with Crippen molar-refractivity contribution in [2.75, 3.05) is 0 Å². The van der Waals surface area contributed by atoms with Crippen LogP contribution in [0.1, 0.15) is 0 Å². The number of halogens is 1. The SMILES string of the molecule is O=[N+]([O-])c1ccccc1OCn1ccc(-c2nc(-c3ccc(F)cc3)no2)n1. The van der Waals surface area contributed by atoms with Crippen LogP contribution in [0.15, 0.2) is 65.3 Å². The van der Waals surface area contributed by atoms with E-state index in [4.69, 9.17) is 9.26 Å². The Morgan fingerprint density at radius 2 is 1.93 bits per heavy atom. The molecular weight excluding hydrogens is 369 g/mol. The number of hydrogen-bond acceptors (Lipinski definition) is 7. The van der Waals surface area contributed by atoms with Crippen LogP contribution in [0.25, 0.3) is 23.0 Å². The van der Waals surface area contributed by atoms with E-state index >= 15 is 0 Å². The van der Waals surface area contributed by atoms with Crippen molar-refractivity contribution in [3.63, 3.8) is 0 Å². The fourth-order valence-corrected chi connectivity index (χ4v) is 2.46. The minimum atomic E-state index is -0.515. The van der Waals surface area contributed by atoms with Gasteiger partial charge in [0.25, 0.3) is 5.89 Å². The minimum absolute atomic E-state index is 0.0379. The van der Waals surface area contributed by atoms with E-state index in [-0.39, 0.29) is 29.9 Å². The van der Waals surface area contributed by atoms with Crippen molar-refractivity contribution in [1.82, 2.24) is 19.9 Å². The van der Waals surface area contributed by atoms with Crippen LogP contribution in [-0.4, -0.2) is 24.8 Å². The molecular formula is C18H12FN5O4. The summed E-state index contributed by atoms with van der Waals surface area (Å²) in [5.41, 5.74) is 0.887. The summed E-state index contributed by atoms with van der Waals surface area (Å²) in [5.74, 6) is 0.273. The molecule has 0 amide bonds. The number of nitro benzene ring substituents is 1. The first kappa shape index (κ1) is 17.3. The van der Waals surface area contributed by atoms with E-state index in [0.29, 0.717) is 17.1 Å². The lowest BCUT2D eigenvalue weighted by Gasteiger charge is -2.06. The normalized spacial score (nSPS) is 10.8. The lowest BCUT2D eigenvalue weighted by Crippen LogP contribution is -2.07. The zero-order valence-electron chi connectivity index (χ0n) is 14.2. The van der Waals surface area contributed by atoms with Crippen LogP contribution >= 0.6 is 0 Å². The van der Waals surface area contributed by atoms with Gasteiger partial charge in [0, 0.05) is 17.8 Å². The van der Waals surface area contributed by atoms with Crippen molar-refractivity contribution in [2.24, 2.45) is 0 Å². The highest BCUT2D eigenvalue weighted by Gasteiger charge is 2.15. The molecule has 2 heterocycles. The van der Waals surface area contributed by atoms with Crippen molar-refractivity contribution < 1.29 is 18.6 Å². The van der Waals surface area contributed by atoms with Crippen molar-refractivity contribution in [3.8, 4) is 28.7 Å². The maximum Gasteiger partial charge on any atom is 0.311 e. The molecule has 0 atom stereocenters. The first-order valence-electron chi connectivity index (χ1n) is 8.10. The van der Waals surface area contributed by atoms with Gasteiger partial charge in [0.15, 0.2) is 18.2 Å². The van der Waals surface area contributed by atoms with Gasteiger partial charge in [-0.2, -0.15) is 10.1 Å². The largest absolute Gasteiger partial charge is 0.464 e. The molecule has 0 fully saturated rings. The standard InChI is InChI=1S/C18H12FN5O4/c19-13-7-5-12(6-8-13)17-20-18(28-22-17)14-9-10-23(21-14)11-27-16-4-2-1-3-15(16)24(25)26/h1-10H,11H2. The van der Waals surface area contributed by atoms with Gasteiger partial charge < -0.3 is 9.26 Å². The molecule has 2 aromatic carbocycles. The average Bonchev–Trinajstić information content (AvgIpc) is 3.36. The van der Waals surface area contributed by atoms with Crippen molar-refractivity contribution in [2.45, 2.75) is 6.73 Å². The third-order valence-electron chi connectivity index (χ3n) is 3.80. The summed E-state index contributed by atoms with van der Waals surface area (Å²) in [4.78, 5) is 14.7. The summed E-state index contributed by atoms with van der Waals surface area (Å²) in [6.45, 7) is -0.0379. The van der Waals surface area contributed by atoms with Crippen molar-refractivity contribution >= 4 is 5.69 Å². The molecule has 4 rings (SSSR count). The van der Waals surface area contributed by atoms with E-state index in [0.717, 1.165) is 0 Å². The van der Waals surface area contributed by atoms with E-state index in [2.05, 4.69) is 15.2 Å². The highest BCUT2D eigenvalue weighted by atomic mass is 19.1. The molecule has 28 heavy (non-hydrogen) atoms. The first-order valence-corrected chi connectivity index (χ1v) is 8.10. The summed E-state index contributed by atoms with van der Waals surface area (Å²) in [5, 5.41) is 19.1. The number of para-hydroxylation sites is 2. The Morgan fingerprint density at radius 3 is 2.71 bits per heavy atom. The second-order valence-electron chi connectivity index (χ2n) is 5.67. The van der Waals surface area contributed by atoms with Crippen LogP contribution < -0.4 is 4.74 Å². The summed E-state index contributed by atoms with van der Waals surface area (Å²) in [6.07, 6.45) is 1.62. The third kappa shape index (κ3) is 3.56. The predicted octanol–water partition coefficient (Wildman–Crippen LogP) is 3.68. The quantitative estimate of drug-likeness (QED) is 0.370. The monoisotopic (exact) mass is 381 g/mol. The number of hydrogen-bond donors (Lipinski definition) is 0. The molecule has 0 saturated carbocycles. The molecule has 0 aliphatic heterocycles. The maximum atomic E-state index is 13.0. The molecule has 0 aliphatic carbocycles. The van der Waals surface area contributed by atoms with Gasteiger partial charge in [-0.3, -0.25) is 10.1 Å². The predicted molar refractivity (Wildman–Crippen MR) is 94.6 cm³/mol. The van der Waals surface area contributed by atoms with E-state index in [1.54, 1.807) is 36.5 Å². The Kier molecular flexibility index (Phi) is 4.50. The topological polar surface area (TPSA) is 109 Å². The van der Waals surface area contributed by atoms with E-state index in [1.165, 1.54) is 28.9 Å². The van der Waals surface area contributed by atoms with E-state index < -0.39 is 4.92 Å². The number of nitro groups is 1. The molecule has 0 saturated heterocycles. The Hall–Kier alpha value is -4.08. The summed E-state index contributed by atoms with van der Waals surface area (Å²) >= 11 is 0. The molecule has 0 bridgehead atoms. The van der Waals surface area contributed by atoms with Gasteiger partial charge in [0.2, 0.25) is 5.82 Å².